The number of carbonyl (C=O) groups excluding carboxylic acids is 1. The molecule has 0 spiro atoms. The number of nitrogens with one attached hydrogen (secondary N) is 1. The van der Waals surface area contributed by atoms with E-state index in [1.54, 1.807) is 23.9 Å². The van der Waals surface area contributed by atoms with Gasteiger partial charge in [-0.1, -0.05) is 0 Å². The molecule has 0 unspecified atom stereocenters. The van der Waals surface area contributed by atoms with Gasteiger partial charge in [-0.25, -0.2) is 0 Å². The number of nitrogens with zero attached hydrogens (tertiary/aromatic N) is 3. The molecule has 1 amide bonds. The van der Waals surface area contributed by atoms with Crippen LogP contribution >= 0.6 is 0 Å². The topological polar surface area (TPSA) is 70.7 Å². The number of rotatable bonds is 2. The Bertz CT molecular complexity index is 361. The molecule has 0 aliphatic heterocycles. The van der Waals surface area contributed by atoms with Crippen LogP contribution in [0.15, 0.2) is 6.07 Å². The molecule has 1 N–H and O–H groups in total. The van der Waals surface area contributed by atoms with Gasteiger partial charge in [0.05, 0.1) is 5.69 Å². The van der Waals surface area contributed by atoms with Crippen molar-refractivity contribution >= 4 is 5.91 Å². The maximum Gasteiger partial charge on any atom is 0.282 e. The Balaban J connectivity index is 2.99. The smallest absolute Gasteiger partial charge is 0.266 e. The van der Waals surface area contributed by atoms with E-state index in [1.807, 2.05) is 6.92 Å². The summed E-state index contributed by atoms with van der Waals surface area (Å²) in [7, 11) is 0. The number of hydrogen-bond donors (Lipinski definition) is 1. The van der Waals surface area contributed by atoms with Gasteiger partial charge >= 0.3 is 0 Å². The molecular weight excluding hydrogens is 168 g/mol. The van der Waals surface area contributed by atoms with Crippen LogP contribution in [0.3, 0.4) is 0 Å². The van der Waals surface area contributed by atoms with Crippen molar-refractivity contribution in [2.45, 2.75) is 20.4 Å². The van der Waals surface area contributed by atoms with Crippen molar-refractivity contribution in [2.24, 2.45) is 0 Å². The second kappa shape index (κ2) is 3.72. The van der Waals surface area contributed by atoms with Crippen LogP contribution in [0, 0.1) is 18.4 Å². The van der Waals surface area contributed by atoms with Gasteiger partial charge in [-0.15, -0.1) is 0 Å². The first-order valence-electron chi connectivity index (χ1n) is 3.93. The van der Waals surface area contributed by atoms with Gasteiger partial charge in [-0.3, -0.25) is 14.8 Å². The lowest BCUT2D eigenvalue weighted by Crippen LogP contribution is -2.21. The summed E-state index contributed by atoms with van der Waals surface area (Å²) in [5, 5.41) is 14.4. The quantitative estimate of drug-likeness (QED) is 0.527. The van der Waals surface area contributed by atoms with E-state index in [4.69, 9.17) is 5.26 Å². The normalized spacial score (nSPS) is 9.31. The van der Waals surface area contributed by atoms with E-state index in [0.717, 1.165) is 5.69 Å². The van der Waals surface area contributed by atoms with Gasteiger partial charge in [0.1, 0.15) is 5.69 Å². The predicted octanol–water partition coefficient (Wildman–Crippen LogP) is 0.422. The largest absolute Gasteiger partial charge is 0.282 e. The average molecular weight is 178 g/mol. The summed E-state index contributed by atoms with van der Waals surface area (Å²) in [6, 6.07) is 1.65. The Hall–Kier alpha value is -1.83. The first-order valence-corrected chi connectivity index (χ1v) is 3.93. The maximum atomic E-state index is 11.2. The molecule has 5 heteroatoms. The second-order valence-corrected chi connectivity index (χ2v) is 2.55. The molecule has 0 bridgehead atoms. The van der Waals surface area contributed by atoms with Gasteiger partial charge in [0.25, 0.3) is 5.91 Å². The minimum absolute atomic E-state index is 0.412. The molecule has 0 saturated heterocycles. The third kappa shape index (κ3) is 1.85. The highest BCUT2D eigenvalue weighted by Gasteiger charge is 2.11. The molecule has 13 heavy (non-hydrogen) atoms. The van der Waals surface area contributed by atoms with Crippen LogP contribution in [0.2, 0.25) is 0 Å². The average Bonchev–Trinajstić information content (AvgIpc) is 2.47. The zero-order valence-corrected chi connectivity index (χ0v) is 7.53. The summed E-state index contributed by atoms with van der Waals surface area (Å²) in [5.74, 6) is -0.412. The zero-order valence-electron chi connectivity index (χ0n) is 7.53. The number of amides is 1. The fourth-order valence-corrected chi connectivity index (χ4v) is 1.08. The van der Waals surface area contributed by atoms with Gasteiger partial charge in [-0.2, -0.15) is 10.4 Å². The lowest BCUT2D eigenvalue weighted by molar-refractivity contribution is 0.0962. The van der Waals surface area contributed by atoms with Crippen LogP contribution in [-0.2, 0) is 6.54 Å². The van der Waals surface area contributed by atoms with Crippen molar-refractivity contribution in [1.29, 1.82) is 5.26 Å². The molecule has 0 aliphatic rings. The number of aryl methyl sites for hydroxylation is 2. The third-order valence-electron chi connectivity index (χ3n) is 1.60. The minimum Gasteiger partial charge on any atom is -0.266 e. The SMILES string of the molecule is CCn1nc(C)cc1C(=O)NC#N. The standard InChI is InChI=1S/C8H10N4O/c1-3-12-7(4-6(2)11-12)8(13)10-5-9/h4H,3H2,1-2H3,(H,10,13). The highest BCUT2D eigenvalue weighted by atomic mass is 16.1. The number of aromatic nitrogens is 2. The second-order valence-electron chi connectivity index (χ2n) is 2.55. The Labute approximate surface area is 76.0 Å². The summed E-state index contributed by atoms with van der Waals surface area (Å²) in [6.07, 6.45) is 1.59. The van der Waals surface area contributed by atoms with Crippen molar-refractivity contribution in [3.05, 3.63) is 17.5 Å². The molecule has 0 aromatic carbocycles. The lowest BCUT2D eigenvalue weighted by Gasteiger charge is -2.00. The maximum absolute atomic E-state index is 11.2. The van der Waals surface area contributed by atoms with E-state index in [2.05, 4.69) is 10.4 Å². The van der Waals surface area contributed by atoms with Crippen LogP contribution in [0.25, 0.3) is 0 Å². The van der Waals surface area contributed by atoms with Gasteiger partial charge in [0, 0.05) is 6.54 Å². The van der Waals surface area contributed by atoms with Gasteiger partial charge in [0.2, 0.25) is 0 Å². The molecule has 0 atom stereocenters. The van der Waals surface area contributed by atoms with Crippen LogP contribution in [0.4, 0.5) is 0 Å². The fourth-order valence-electron chi connectivity index (χ4n) is 1.08. The highest BCUT2D eigenvalue weighted by molar-refractivity contribution is 5.93. The van der Waals surface area contributed by atoms with Crippen LogP contribution in [0.1, 0.15) is 23.1 Å². The lowest BCUT2D eigenvalue weighted by atomic mass is 10.3. The summed E-state index contributed by atoms with van der Waals surface area (Å²) < 4.78 is 1.56. The molecule has 0 saturated carbocycles. The summed E-state index contributed by atoms with van der Waals surface area (Å²) in [5.41, 5.74) is 1.19. The van der Waals surface area contributed by atoms with Crippen molar-refractivity contribution in [2.75, 3.05) is 0 Å². The van der Waals surface area contributed by atoms with E-state index < -0.39 is 5.91 Å². The van der Waals surface area contributed by atoms with Crippen LogP contribution < -0.4 is 5.32 Å². The highest BCUT2D eigenvalue weighted by Crippen LogP contribution is 2.02. The van der Waals surface area contributed by atoms with Crippen LogP contribution in [0.5, 0.6) is 0 Å². The van der Waals surface area contributed by atoms with Gasteiger partial charge in [0.15, 0.2) is 6.19 Å². The Morgan fingerprint density at radius 3 is 3.08 bits per heavy atom. The third-order valence-corrected chi connectivity index (χ3v) is 1.60. The molecule has 5 nitrogen and oxygen atoms in total. The number of nitriles is 1. The van der Waals surface area contributed by atoms with E-state index in [0.29, 0.717) is 12.2 Å². The molecule has 1 heterocycles. The first kappa shape index (κ1) is 9.26. The summed E-state index contributed by atoms with van der Waals surface area (Å²) in [4.78, 5) is 11.2. The van der Waals surface area contributed by atoms with Gasteiger partial charge in [-0.05, 0) is 19.9 Å². The molecule has 0 fully saturated rings. The number of carbonyl (C=O) groups is 1. The molecule has 1 rings (SSSR count). The Kier molecular flexibility index (Phi) is 2.65. The van der Waals surface area contributed by atoms with Crippen molar-refractivity contribution in [1.82, 2.24) is 15.1 Å². The fraction of sp³-hybridized carbons (Fsp3) is 0.375. The predicted molar refractivity (Wildman–Crippen MR) is 45.7 cm³/mol. The number of hydrogen-bond acceptors (Lipinski definition) is 3. The Morgan fingerprint density at radius 1 is 1.85 bits per heavy atom. The molecule has 68 valence electrons. The van der Waals surface area contributed by atoms with Crippen molar-refractivity contribution in [3.8, 4) is 6.19 Å². The summed E-state index contributed by atoms with van der Waals surface area (Å²) in [6.45, 7) is 4.30. The molecule has 1 aromatic heterocycles. The van der Waals surface area contributed by atoms with E-state index in [-0.39, 0.29) is 0 Å². The summed E-state index contributed by atoms with van der Waals surface area (Å²) >= 11 is 0. The molecule has 1 aromatic rings. The van der Waals surface area contributed by atoms with E-state index in [9.17, 15) is 4.79 Å². The van der Waals surface area contributed by atoms with Crippen molar-refractivity contribution < 1.29 is 4.79 Å². The van der Waals surface area contributed by atoms with Gasteiger partial charge < -0.3 is 0 Å². The first-order chi connectivity index (χ1) is 6.19. The minimum atomic E-state index is -0.412. The van der Waals surface area contributed by atoms with E-state index >= 15 is 0 Å². The van der Waals surface area contributed by atoms with E-state index in [1.165, 1.54) is 0 Å². The molecule has 0 radical (unpaired) electrons. The zero-order chi connectivity index (χ0) is 9.84. The monoisotopic (exact) mass is 178 g/mol. The molecule has 0 aliphatic carbocycles. The molecular formula is C8H10N4O. The van der Waals surface area contributed by atoms with Crippen LogP contribution in [-0.4, -0.2) is 15.7 Å². The van der Waals surface area contributed by atoms with Crippen molar-refractivity contribution in [3.63, 3.8) is 0 Å². The Morgan fingerprint density at radius 2 is 2.54 bits per heavy atom.